The monoisotopic (exact) mass is 858 g/mol. The minimum atomic E-state index is -4.93. The van der Waals surface area contributed by atoms with Crippen LogP contribution in [0.25, 0.3) is 11.2 Å². The van der Waals surface area contributed by atoms with E-state index >= 15 is 0 Å². The Kier molecular flexibility index (Phi) is 12.1. The van der Waals surface area contributed by atoms with Crippen molar-refractivity contribution in [1.82, 2.24) is 19.5 Å². The molecule has 18 heteroatoms. The molecule has 17 nitrogen and oxygen atoms in total. The van der Waals surface area contributed by atoms with Crippen molar-refractivity contribution in [3.05, 3.63) is 178 Å². The Morgan fingerprint density at radius 1 is 0.839 bits per heavy atom. The zero-order valence-electron chi connectivity index (χ0n) is 33.2. The number of ether oxygens (including phenoxy) is 4. The summed E-state index contributed by atoms with van der Waals surface area (Å²) in [6.45, 7) is -0.203. The van der Waals surface area contributed by atoms with Gasteiger partial charge in [-0.15, -0.1) is 0 Å². The number of nitro benzene ring substituents is 1. The van der Waals surface area contributed by atoms with Crippen molar-refractivity contribution in [1.29, 1.82) is 0 Å². The number of rotatable bonds is 16. The van der Waals surface area contributed by atoms with Crippen LogP contribution >= 0.6 is 7.82 Å². The summed E-state index contributed by atoms with van der Waals surface area (Å²) in [7, 11) is -1.77. The van der Waals surface area contributed by atoms with E-state index in [2.05, 4.69) is 20.3 Å². The molecule has 316 valence electrons. The maximum Gasteiger partial charge on any atom is 0.527 e. The largest absolute Gasteiger partial charge is 0.527 e. The molecular weight excluding hydrogens is 819 g/mol. The number of benzene rings is 5. The number of hydrogen-bond acceptors (Lipinski definition) is 13. The van der Waals surface area contributed by atoms with E-state index in [0.717, 1.165) is 28.8 Å². The predicted octanol–water partition coefficient (Wildman–Crippen LogP) is 7.86. The predicted molar refractivity (Wildman–Crippen MR) is 225 cm³/mol. The van der Waals surface area contributed by atoms with Crippen LogP contribution in [-0.2, 0) is 24.2 Å². The van der Waals surface area contributed by atoms with Gasteiger partial charge in [0.05, 0.1) is 32.1 Å². The van der Waals surface area contributed by atoms with Gasteiger partial charge in [0.1, 0.15) is 47.6 Å². The van der Waals surface area contributed by atoms with E-state index in [1.54, 1.807) is 49.1 Å². The number of carbonyl (C=O) groups excluding carboxylic acids is 1. The van der Waals surface area contributed by atoms with Crippen LogP contribution in [0.2, 0.25) is 0 Å². The number of carbonyl (C=O) groups is 1. The number of anilines is 1. The standard InChI is InChI=1S/C44H39N6O11P/c1-56-34-19-13-31(14-20-34)44(30-11-7-4-8-12-30,32-15-21-35(57-2)22-16-32)58-26-38-37(61-62(54,55)60-36-23-17-33(18-24-36)50(52)53)25-39(59-38)49-28-47-40-41(45-27-46-42(40)49)48-43(51)29-9-5-3-6-10-29/h3-24,27-28,37-39H,25-26H2,1-2H3,(H,54,55)(H,45,46,48,51)/t37-,38+,39+/m0/s1. The number of fused-ring (bicyclic) bond motifs is 1. The van der Waals surface area contributed by atoms with E-state index < -0.39 is 42.7 Å². The van der Waals surface area contributed by atoms with Crippen molar-refractivity contribution in [2.24, 2.45) is 0 Å². The van der Waals surface area contributed by atoms with Crippen LogP contribution in [0.1, 0.15) is 39.7 Å². The molecule has 1 fully saturated rings. The number of nitrogens with one attached hydrogen (secondary N) is 1. The van der Waals surface area contributed by atoms with E-state index in [0.29, 0.717) is 22.7 Å². The highest BCUT2D eigenvalue weighted by atomic mass is 31.2. The van der Waals surface area contributed by atoms with Crippen LogP contribution in [0, 0.1) is 10.1 Å². The van der Waals surface area contributed by atoms with Gasteiger partial charge in [0, 0.05) is 24.1 Å². The molecular formula is C44H39N6O11P. The normalized spacial score (nSPS) is 17.2. The lowest BCUT2D eigenvalue weighted by Crippen LogP contribution is -2.38. The van der Waals surface area contributed by atoms with Crippen LogP contribution in [0.5, 0.6) is 17.2 Å². The highest BCUT2D eigenvalue weighted by Crippen LogP contribution is 2.50. The Labute approximate surface area is 354 Å². The number of non-ortho nitro benzene ring substituents is 1. The van der Waals surface area contributed by atoms with E-state index in [9.17, 15) is 24.4 Å². The Morgan fingerprint density at radius 2 is 1.42 bits per heavy atom. The number of hydrogen-bond donors (Lipinski definition) is 2. The summed E-state index contributed by atoms with van der Waals surface area (Å²) in [5, 5.41) is 14.0. The van der Waals surface area contributed by atoms with Gasteiger partial charge in [-0.1, -0.05) is 72.8 Å². The first-order valence-corrected chi connectivity index (χ1v) is 20.7. The number of nitrogens with zero attached hydrogens (tertiary/aromatic N) is 5. The zero-order chi connectivity index (χ0) is 43.3. The Hall–Kier alpha value is -7.01. The van der Waals surface area contributed by atoms with Gasteiger partial charge in [-0.2, -0.15) is 0 Å². The van der Waals surface area contributed by atoms with Crippen LogP contribution in [0.4, 0.5) is 11.5 Å². The molecule has 1 saturated heterocycles. The van der Waals surface area contributed by atoms with E-state index in [-0.39, 0.29) is 35.8 Å². The number of amides is 1. The van der Waals surface area contributed by atoms with Gasteiger partial charge in [0.25, 0.3) is 11.6 Å². The van der Waals surface area contributed by atoms with Crippen LogP contribution in [0.15, 0.2) is 146 Å². The van der Waals surface area contributed by atoms with Gasteiger partial charge >= 0.3 is 7.82 Å². The molecule has 4 atom stereocenters. The Bertz CT molecular complexity index is 2660. The van der Waals surface area contributed by atoms with E-state index in [4.69, 9.17) is 28.0 Å². The first-order chi connectivity index (χ1) is 30.1. The summed E-state index contributed by atoms with van der Waals surface area (Å²) < 4.78 is 51.4. The van der Waals surface area contributed by atoms with Gasteiger partial charge in [-0.25, -0.2) is 19.5 Å². The Morgan fingerprint density at radius 3 is 2.02 bits per heavy atom. The Balaban J connectivity index is 1.15. The summed E-state index contributed by atoms with van der Waals surface area (Å²) in [5.74, 6) is 0.897. The molecule has 0 aliphatic carbocycles. The third kappa shape index (κ3) is 8.74. The topological polar surface area (TPSA) is 209 Å². The number of phosphoric ester groups is 1. The maximum absolute atomic E-state index is 13.7. The van der Waals surface area contributed by atoms with Gasteiger partial charge in [-0.05, 0) is 65.2 Å². The molecule has 5 aromatic carbocycles. The summed E-state index contributed by atoms with van der Waals surface area (Å²) in [5.41, 5.74) is 1.71. The van der Waals surface area contributed by atoms with Gasteiger partial charge in [-0.3, -0.25) is 28.9 Å². The van der Waals surface area contributed by atoms with E-state index in [1.165, 1.54) is 24.8 Å². The SMILES string of the molecule is COc1ccc(C(OC[C@H]2O[C@@H](n3cnc4c(NC(=O)c5ccccc5)ncnc43)C[C@@H]2OP(=O)(O)Oc2ccc([N+](=O)[O-])cc2)(c2ccccc2)c2ccc(OC)cc2)cc1. The van der Waals surface area contributed by atoms with Crippen LogP contribution in [-0.4, -0.2) is 68.3 Å². The minimum Gasteiger partial charge on any atom is -0.497 e. The van der Waals surface area contributed by atoms with Gasteiger partial charge < -0.3 is 28.8 Å². The molecule has 1 aliphatic rings. The average Bonchev–Trinajstić information content (AvgIpc) is 3.91. The lowest BCUT2D eigenvalue weighted by Gasteiger charge is -2.37. The number of imidazole rings is 1. The van der Waals surface area contributed by atoms with Crippen molar-refractivity contribution < 1.29 is 47.2 Å². The molecule has 7 aromatic rings. The first-order valence-electron chi connectivity index (χ1n) is 19.2. The second kappa shape index (κ2) is 17.9. The summed E-state index contributed by atoms with van der Waals surface area (Å²) >= 11 is 0. The maximum atomic E-state index is 13.7. The fraction of sp³-hybridized carbons (Fsp3) is 0.182. The molecule has 62 heavy (non-hydrogen) atoms. The van der Waals surface area contributed by atoms with Crippen molar-refractivity contribution in [2.45, 2.75) is 30.5 Å². The lowest BCUT2D eigenvalue weighted by molar-refractivity contribution is -0.384. The molecule has 3 heterocycles. The molecule has 1 amide bonds. The summed E-state index contributed by atoms with van der Waals surface area (Å²) in [6.07, 6.45) is -0.339. The second-order valence-electron chi connectivity index (χ2n) is 14.0. The fourth-order valence-corrected chi connectivity index (χ4v) is 8.29. The molecule has 0 bridgehead atoms. The smallest absolute Gasteiger partial charge is 0.497 e. The highest BCUT2D eigenvalue weighted by Gasteiger charge is 2.46. The van der Waals surface area contributed by atoms with Gasteiger partial charge in [0.15, 0.2) is 17.0 Å². The number of phosphoric acid groups is 1. The molecule has 8 rings (SSSR count). The summed E-state index contributed by atoms with van der Waals surface area (Å²) in [4.78, 5) is 48.1. The van der Waals surface area contributed by atoms with Crippen molar-refractivity contribution in [3.63, 3.8) is 0 Å². The molecule has 1 unspecified atom stereocenters. The number of nitro groups is 1. The third-order valence-corrected chi connectivity index (χ3v) is 11.3. The number of methoxy groups -OCH3 is 2. The first kappa shape index (κ1) is 41.7. The summed E-state index contributed by atoms with van der Waals surface area (Å²) in [6, 6.07) is 37.8. The van der Waals surface area contributed by atoms with Crippen molar-refractivity contribution in [2.75, 3.05) is 26.1 Å². The average molecular weight is 859 g/mol. The number of aromatic nitrogens is 4. The quantitative estimate of drug-likeness (QED) is 0.0410. The lowest BCUT2D eigenvalue weighted by atomic mass is 9.80. The van der Waals surface area contributed by atoms with E-state index in [1.807, 2.05) is 78.9 Å². The zero-order valence-corrected chi connectivity index (χ0v) is 34.1. The van der Waals surface area contributed by atoms with Crippen LogP contribution in [0.3, 0.4) is 0 Å². The third-order valence-electron chi connectivity index (χ3n) is 10.3. The highest BCUT2D eigenvalue weighted by molar-refractivity contribution is 7.47. The van der Waals surface area contributed by atoms with Crippen LogP contribution < -0.4 is 19.3 Å². The second-order valence-corrected chi connectivity index (χ2v) is 15.3. The van der Waals surface area contributed by atoms with Crippen molar-refractivity contribution in [3.8, 4) is 17.2 Å². The minimum absolute atomic E-state index is 0.0211. The molecule has 0 spiro atoms. The fourth-order valence-electron chi connectivity index (χ4n) is 7.29. The van der Waals surface area contributed by atoms with Crippen molar-refractivity contribution >= 4 is 36.4 Å². The molecule has 2 aromatic heterocycles. The molecule has 1 aliphatic heterocycles. The molecule has 2 N–H and O–H groups in total. The molecule has 0 saturated carbocycles. The van der Waals surface area contributed by atoms with Gasteiger partial charge in [0.2, 0.25) is 0 Å². The molecule has 0 radical (unpaired) electrons.